The van der Waals surface area contributed by atoms with Crippen LogP contribution in [0.1, 0.15) is 77.1 Å². The molecule has 2 aliphatic rings. The standard InChI is InChI=1S/C43H51N9O4/c1-26(2)37(47-32-9-6-20-44-23-32)41(53)51-21-7-10-35(51)39-45-24-33(48-39)30-16-12-28(13-17-30)29-14-18-31(19-15-29)34-25-46-40(49-34)36-11-8-22-52(36)42(54)38(27(3)4)50(5)43(55)56/h6,9,12-20,23-27,35-38,47H,7-8,10-11,21-22H2,1-5H3,(H,45,48)(H,46,49)(H,55,56)/t35-,36-,37-,38-/m0/s1. The van der Waals surface area contributed by atoms with E-state index in [1.165, 1.54) is 7.05 Å². The Labute approximate surface area is 327 Å². The predicted molar refractivity (Wildman–Crippen MR) is 215 cm³/mol. The van der Waals surface area contributed by atoms with Crippen molar-refractivity contribution in [2.75, 3.05) is 25.5 Å². The molecule has 0 saturated carbocycles. The van der Waals surface area contributed by atoms with E-state index in [1.54, 1.807) is 23.5 Å². The van der Waals surface area contributed by atoms with E-state index in [4.69, 9.17) is 4.98 Å². The molecule has 3 aromatic heterocycles. The van der Waals surface area contributed by atoms with E-state index in [1.807, 2.05) is 37.1 Å². The van der Waals surface area contributed by atoms with Crippen molar-refractivity contribution >= 4 is 23.6 Å². The van der Waals surface area contributed by atoms with Gasteiger partial charge in [0, 0.05) is 32.5 Å². The number of nitrogens with zero attached hydrogens (tertiary/aromatic N) is 6. The van der Waals surface area contributed by atoms with Crippen molar-refractivity contribution < 1.29 is 19.5 Å². The number of anilines is 1. The number of carboxylic acid groups (broad SMARTS) is 1. The first-order valence-corrected chi connectivity index (χ1v) is 19.5. The molecule has 0 bridgehead atoms. The third kappa shape index (κ3) is 7.89. The highest BCUT2D eigenvalue weighted by Crippen LogP contribution is 2.35. The first-order chi connectivity index (χ1) is 27.0. The van der Waals surface area contributed by atoms with Gasteiger partial charge in [-0.25, -0.2) is 14.8 Å². The van der Waals surface area contributed by atoms with Crippen LogP contribution >= 0.6 is 0 Å². The molecule has 13 heteroatoms. The fourth-order valence-corrected chi connectivity index (χ4v) is 8.13. The molecule has 292 valence electrons. The number of rotatable bonds is 12. The van der Waals surface area contributed by atoms with Gasteiger partial charge in [-0.15, -0.1) is 0 Å². The van der Waals surface area contributed by atoms with Gasteiger partial charge < -0.3 is 30.2 Å². The quantitative estimate of drug-likeness (QED) is 0.101. The highest BCUT2D eigenvalue weighted by Gasteiger charge is 2.40. The molecule has 4 atom stereocenters. The fourth-order valence-electron chi connectivity index (χ4n) is 8.13. The molecule has 4 N–H and O–H groups in total. The number of likely N-dealkylation sites (tertiary alicyclic amines) is 2. The summed E-state index contributed by atoms with van der Waals surface area (Å²) in [5.74, 6) is 1.32. The van der Waals surface area contributed by atoms with Gasteiger partial charge in [0.05, 0.1) is 41.6 Å². The van der Waals surface area contributed by atoms with Crippen molar-refractivity contribution in [2.24, 2.45) is 11.8 Å². The lowest BCUT2D eigenvalue weighted by Crippen LogP contribution is -2.51. The second kappa shape index (κ2) is 16.4. The normalized spacial score (nSPS) is 18.1. The first kappa shape index (κ1) is 38.3. The zero-order chi connectivity index (χ0) is 39.5. The molecule has 0 spiro atoms. The van der Waals surface area contributed by atoms with E-state index in [-0.39, 0.29) is 41.8 Å². The van der Waals surface area contributed by atoms with Crippen LogP contribution in [0.25, 0.3) is 33.6 Å². The van der Waals surface area contributed by atoms with Crippen molar-refractivity contribution in [3.63, 3.8) is 0 Å². The number of likely N-dealkylation sites (N-methyl/N-ethyl adjacent to an activating group) is 1. The summed E-state index contributed by atoms with van der Waals surface area (Å²) in [4.78, 5) is 64.6. The third-order valence-corrected chi connectivity index (χ3v) is 11.1. The van der Waals surface area contributed by atoms with Gasteiger partial charge in [0.1, 0.15) is 23.7 Å². The summed E-state index contributed by atoms with van der Waals surface area (Å²) < 4.78 is 0. The van der Waals surface area contributed by atoms with Gasteiger partial charge >= 0.3 is 6.09 Å². The Bertz CT molecular complexity index is 2130. The van der Waals surface area contributed by atoms with Gasteiger partial charge in [0.15, 0.2) is 0 Å². The second-order valence-electron chi connectivity index (χ2n) is 15.6. The lowest BCUT2D eigenvalue weighted by atomic mass is 10.0. The molecule has 0 radical (unpaired) electrons. The van der Waals surface area contributed by atoms with Crippen LogP contribution in [0.5, 0.6) is 0 Å². The summed E-state index contributed by atoms with van der Waals surface area (Å²) in [5, 5.41) is 13.0. The molecule has 0 aliphatic carbocycles. The number of carbonyl (C=O) groups excluding carboxylic acids is 2. The number of pyridine rings is 1. The lowest BCUT2D eigenvalue weighted by Gasteiger charge is -2.33. The third-order valence-electron chi connectivity index (χ3n) is 11.1. The van der Waals surface area contributed by atoms with Crippen LogP contribution in [0.15, 0.2) is 85.5 Å². The molecule has 2 aliphatic heterocycles. The van der Waals surface area contributed by atoms with Crippen LogP contribution in [0, 0.1) is 11.8 Å². The molecule has 2 fully saturated rings. The molecule has 5 heterocycles. The number of imidazole rings is 2. The molecule has 2 aromatic carbocycles. The maximum Gasteiger partial charge on any atom is 0.407 e. The summed E-state index contributed by atoms with van der Waals surface area (Å²) in [5.41, 5.74) is 6.71. The van der Waals surface area contributed by atoms with Gasteiger partial charge in [-0.2, -0.15) is 0 Å². The van der Waals surface area contributed by atoms with Gasteiger partial charge in [0.2, 0.25) is 11.8 Å². The van der Waals surface area contributed by atoms with Crippen molar-refractivity contribution in [1.82, 2.24) is 39.6 Å². The number of amides is 3. The Balaban J connectivity index is 1.00. The van der Waals surface area contributed by atoms with Crippen molar-refractivity contribution in [1.29, 1.82) is 0 Å². The summed E-state index contributed by atoms with van der Waals surface area (Å²) >= 11 is 0. The number of nitrogens with one attached hydrogen (secondary N) is 3. The average Bonchev–Trinajstić information content (AvgIpc) is 4.04. The van der Waals surface area contributed by atoms with Crippen LogP contribution in [-0.4, -0.2) is 94.9 Å². The van der Waals surface area contributed by atoms with E-state index in [0.29, 0.717) is 18.9 Å². The molecule has 13 nitrogen and oxygen atoms in total. The minimum atomic E-state index is -1.12. The Morgan fingerprint density at radius 1 is 0.732 bits per heavy atom. The summed E-state index contributed by atoms with van der Waals surface area (Å²) in [6.45, 7) is 9.11. The van der Waals surface area contributed by atoms with Crippen LogP contribution in [0.2, 0.25) is 0 Å². The largest absolute Gasteiger partial charge is 0.465 e. The number of hydrogen-bond acceptors (Lipinski definition) is 7. The van der Waals surface area contributed by atoms with E-state index in [2.05, 4.69) is 87.6 Å². The van der Waals surface area contributed by atoms with E-state index in [0.717, 1.165) is 75.7 Å². The Morgan fingerprint density at radius 2 is 1.23 bits per heavy atom. The Kier molecular flexibility index (Phi) is 11.2. The van der Waals surface area contributed by atoms with Crippen molar-refractivity contribution in [2.45, 2.75) is 77.5 Å². The molecule has 2 saturated heterocycles. The number of H-pyrrole nitrogens is 2. The molecular weight excluding hydrogens is 707 g/mol. The SMILES string of the molecule is CC(C)[C@H](Nc1cccnc1)C(=O)N1CCC[C@H]1c1ncc(-c2ccc(-c3ccc(-c4cnc([C@@H]5CCCN5C(=O)[C@H](C(C)C)N(C)C(=O)O)[nH]4)cc3)cc2)[nH]1. The lowest BCUT2D eigenvalue weighted by molar-refractivity contribution is -0.138. The van der Waals surface area contributed by atoms with E-state index in [9.17, 15) is 19.5 Å². The Hall–Kier alpha value is -5.98. The minimum absolute atomic E-state index is 0.0718. The number of carbonyl (C=O) groups is 3. The van der Waals surface area contributed by atoms with Gasteiger partial charge in [-0.05, 0) is 71.9 Å². The Morgan fingerprint density at radius 3 is 1.68 bits per heavy atom. The molecule has 0 unspecified atom stereocenters. The number of aromatic nitrogens is 5. The zero-order valence-corrected chi connectivity index (χ0v) is 32.6. The molecule has 7 rings (SSSR count). The number of hydrogen-bond donors (Lipinski definition) is 4. The maximum atomic E-state index is 13.9. The highest BCUT2D eigenvalue weighted by molar-refractivity contribution is 5.86. The van der Waals surface area contributed by atoms with Crippen LogP contribution < -0.4 is 5.32 Å². The van der Waals surface area contributed by atoms with Gasteiger partial charge in [-0.3, -0.25) is 19.5 Å². The predicted octanol–water partition coefficient (Wildman–Crippen LogP) is 7.63. The van der Waals surface area contributed by atoms with Crippen molar-refractivity contribution in [3.05, 3.63) is 97.1 Å². The highest BCUT2D eigenvalue weighted by atomic mass is 16.4. The van der Waals surface area contributed by atoms with Gasteiger partial charge in [-0.1, -0.05) is 76.2 Å². The van der Waals surface area contributed by atoms with E-state index < -0.39 is 12.1 Å². The maximum absolute atomic E-state index is 13.9. The average molecular weight is 758 g/mol. The minimum Gasteiger partial charge on any atom is -0.465 e. The van der Waals surface area contributed by atoms with Gasteiger partial charge in [0.25, 0.3) is 0 Å². The molecular formula is C43H51N9O4. The summed E-state index contributed by atoms with van der Waals surface area (Å²) in [6, 6.07) is 19.0. The summed E-state index contributed by atoms with van der Waals surface area (Å²) in [7, 11) is 1.45. The first-order valence-electron chi connectivity index (χ1n) is 19.5. The molecule has 5 aromatic rings. The van der Waals surface area contributed by atoms with Crippen LogP contribution in [0.4, 0.5) is 10.5 Å². The number of benzene rings is 2. The zero-order valence-electron chi connectivity index (χ0n) is 32.6. The topological polar surface area (TPSA) is 163 Å². The monoisotopic (exact) mass is 757 g/mol. The molecule has 56 heavy (non-hydrogen) atoms. The fraction of sp³-hybridized carbons (Fsp3) is 0.395. The van der Waals surface area contributed by atoms with Crippen molar-refractivity contribution in [3.8, 4) is 33.6 Å². The van der Waals surface area contributed by atoms with Crippen LogP contribution in [-0.2, 0) is 9.59 Å². The van der Waals surface area contributed by atoms with Crippen LogP contribution in [0.3, 0.4) is 0 Å². The second-order valence-corrected chi connectivity index (χ2v) is 15.6. The molecule has 3 amide bonds. The number of aromatic amines is 2. The smallest absolute Gasteiger partial charge is 0.407 e. The summed E-state index contributed by atoms with van der Waals surface area (Å²) in [6.07, 6.45) is 9.36. The van der Waals surface area contributed by atoms with E-state index >= 15 is 0 Å².